The molecule has 0 radical (unpaired) electrons. The van der Waals surface area contributed by atoms with Crippen LogP contribution in [-0.4, -0.2) is 50.9 Å². The summed E-state index contributed by atoms with van der Waals surface area (Å²) in [6, 6.07) is 3.85. The van der Waals surface area contributed by atoms with Crippen molar-refractivity contribution in [3.8, 4) is 5.88 Å². The Labute approximate surface area is 135 Å². The van der Waals surface area contributed by atoms with E-state index in [9.17, 15) is 5.11 Å². The van der Waals surface area contributed by atoms with Gasteiger partial charge in [0.2, 0.25) is 11.8 Å². The number of aryl methyl sites for hydroxylation is 1. The molecule has 0 bridgehead atoms. The highest BCUT2D eigenvalue weighted by molar-refractivity contribution is 5.17. The van der Waals surface area contributed by atoms with Crippen LogP contribution in [-0.2, 0) is 13.0 Å². The Morgan fingerprint density at radius 2 is 2.30 bits per heavy atom. The first kappa shape index (κ1) is 15.9. The van der Waals surface area contributed by atoms with E-state index in [1.807, 2.05) is 18.3 Å². The predicted octanol–water partition coefficient (Wildman–Crippen LogP) is 1.35. The molecule has 0 saturated carbocycles. The number of pyridine rings is 1. The molecule has 7 nitrogen and oxygen atoms in total. The van der Waals surface area contributed by atoms with Gasteiger partial charge in [0.15, 0.2) is 5.82 Å². The fourth-order valence-electron chi connectivity index (χ4n) is 3.06. The number of hydrogen-bond donors (Lipinski definition) is 1. The second-order valence-corrected chi connectivity index (χ2v) is 6.16. The zero-order valence-electron chi connectivity index (χ0n) is 13.5. The summed E-state index contributed by atoms with van der Waals surface area (Å²) in [6.45, 7) is 4.07. The van der Waals surface area contributed by atoms with Crippen LogP contribution in [0, 0.1) is 6.92 Å². The van der Waals surface area contributed by atoms with Crippen LogP contribution in [0.1, 0.15) is 30.1 Å². The Kier molecular flexibility index (Phi) is 4.58. The highest BCUT2D eigenvalue weighted by Gasteiger charge is 2.35. The van der Waals surface area contributed by atoms with Crippen molar-refractivity contribution in [2.45, 2.75) is 38.3 Å². The molecule has 2 aromatic heterocycles. The summed E-state index contributed by atoms with van der Waals surface area (Å²) in [6.07, 6.45) is 3.89. The smallest absolute Gasteiger partial charge is 0.229 e. The van der Waals surface area contributed by atoms with Gasteiger partial charge in [-0.2, -0.15) is 4.98 Å². The number of rotatable bonds is 5. The Morgan fingerprint density at radius 1 is 1.43 bits per heavy atom. The first-order valence-electron chi connectivity index (χ1n) is 7.79. The summed E-state index contributed by atoms with van der Waals surface area (Å²) >= 11 is 0. The molecule has 124 valence electrons. The zero-order valence-corrected chi connectivity index (χ0v) is 13.5. The Bertz CT molecular complexity index is 643. The lowest BCUT2D eigenvalue weighted by atomic mass is 9.89. The summed E-state index contributed by atoms with van der Waals surface area (Å²) in [7, 11) is 1.60. The lowest BCUT2D eigenvalue weighted by Crippen LogP contribution is -2.49. The first-order chi connectivity index (χ1) is 11.1. The third-order valence-electron chi connectivity index (χ3n) is 4.10. The number of hydrogen-bond acceptors (Lipinski definition) is 7. The minimum Gasteiger partial charge on any atom is -0.481 e. The minimum absolute atomic E-state index is 0.394. The summed E-state index contributed by atoms with van der Waals surface area (Å²) in [5.41, 5.74) is 0.278. The van der Waals surface area contributed by atoms with Crippen molar-refractivity contribution in [2.75, 3.05) is 20.2 Å². The molecule has 1 N–H and O–H groups in total. The number of nitrogens with zero attached hydrogens (tertiary/aromatic N) is 4. The normalized spacial score (nSPS) is 22.2. The minimum atomic E-state index is -0.822. The van der Waals surface area contributed by atoms with Gasteiger partial charge in [-0.25, -0.2) is 4.98 Å². The second kappa shape index (κ2) is 6.64. The topological polar surface area (TPSA) is 84.5 Å². The lowest BCUT2D eigenvalue weighted by molar-refractivity contribution is -0.0373. The number of piperidine rings is 1. The van der Waals surface area contributed by atoms with Gasteiger partial charge in [0.05, 0.1) is 19.1 Å². The number of β-amino-alcohol motifs (C(OH)–C–C–N with tert-alkyl or cyclic N) is 1. The van der Waals surface area contributed by atoms with Crippen LogP contribution >= 0.6 is 0 Å². The van der Waals surface area contributed by atoms with E-state index < -0.39 is 5.60 Å². The third kappa shape index (κ3) is 4.05. The molecule has 1 atom stereocenters. The van der Waals surface area contributed by atoms with Crippen molar-refractivity contribution in [2.24, 2.45) is 0 Å². The van der Waals surface area contributed by atoms with Gasteiger partial charge in [-0.1, -0.05) is 11.2 Å². The molecule has 1 saturated heterocycles. The molecule has 0 amide bonds. The number of aromatic nitrogens is 3. The van der Waals surface area contributed by atoms with Gasteiger partial charge < -0.3 is 14.4 Å². The lowest BCUT2D eigenvalue weighted by Gasteiger charge is -2.38. The van der Waals surface area contributed by atoms with Crippen LogP contribution in [0.25, 0.3) is 0 Å². The summed E-state index contributed by atoms with van der Waals surface area (Å²) < 4.78 is 10.2. The van der Waals surface area contributed by atoms with Gasteiger partial charge >= 0.3 is 0 Å². The van der Waals surface area contributed by atoms with E-state index >= 15 is 0 Å². The molecular weight excluding hydrogens is 296 g/mol. The van der Waals surface area contributed by atoms with Crippen molar-refractivity contribution in [1.29, 1.82) is 0 Å². The van der Waals surface area contributed by atoms with Crippen molar-refractivity contribution in [1.82, 2.24) is 20.0 Å². The average Bonchev–Trinajstić information content (AvgIpc) is 2.92. The van der Waals surface area contributed by atoms with Crippen molar-refractivity contribution in [3.63, 3.8) is 0 Å². The maximum atomic E-state index is 10.9. The molecule has 2 aromatic rings. The van der Waals surface area contributed by atoms with Crippen LogP contribution in [0.5, 0.6) is 5.88 Å². The fraction of sp³-hybridized carbons (Fsp3) is 0.562. The van der Waals surface area contributed by atoms with E-state index in [1.54, 1.807) is 14.0 Å². The molecule has 7 heteroatoms. The van der Waals surface area contributed by atoms with Crippen LogP contribution in [0.4, 0.5) is 0 Å². The van der Waals surface area contributed by atoms with Crippen LogP contribution in [0.3, 0.4) is 0 Å². The van der Waals surface area contributed by atoms with E-state index in [1.165, 1.54) is 0 Å². The molecule has 3 heterocycles. The third-order valence-corrected chi connectivity index (χ3v) is 4.10. The van der Waals surface area contributed by atoms with Gasteiger partial charge in [-0.3, -0.25) is 4.90 Å². The number of ether oxygens (including phenoxy) is 1. The van der Waals surface area contributed by atoms with Gasteiger partial charge in [0, 0.05) is 25.4 Å². The van der Waals surface area contributed by atoms with E-state index in [0.29, 0.717) is 30.6 Å². The summed E-state index contributed by atoms with van der Waals surface area (Å²) in [4.78, 5) is 10.7. The molecule has 23 heavy (non-hydrogen) atoms. The molecule has 1 fully saturated rings. The molecule has 1 aliphatic heterocycles. The van der Waals surface area contributed by atoms with Gasteiger partial charge in [0.25, 0.3) is 0 Å². The molecule has 3 rings (SSSR count). The van der Waals surface area contributed by atoms with Crippen LogP contribution < -0.4 is 4.74 Å². The van der Waals surface area contributed by atoms with Crippen molar-refractivity contribution in [3.05, 3.63) is 35.6 Å². The van der Waals surface area contributed by atoms with E-state index in [0.717, 1.165) is 31.5 Å². The Morgan fingerprint density at radius 3 is 2.96 bits per heavy atom. The predicted molar refractivity (Wildman–Crippen MR) is 83.0 cm³/mol. The largest absolute Gasteiger partial charge is 0.481 e. The Hall–Kier alpha value is -1.99. The van der Waals surface area contributed by atoms with E-state index in [4.69, 9.17) is 9.26 Å². The molecular formula is C16H22N4O3. The van der Waals surface area contributed by atoms with Gasteiger partial charge in [-0.05, 0) is 31.9 Å². The number of aliphatic hydroxyl groups is 1. The number of methoxy groups -OCH3 is 1. The number of likely N-dealkylation sites (tertiary alicyclic amines) is 1. The SMILES string of the molecule is COc1ccc(CN2CCCC(O)(Cc3nc(C)no3)C2)cn1. The first-order valence-corrected chi connectivity index (χ1v) is 7.79. The van der Waals surface area contributed by atoms with Gasteiger partial charge in [-0.15, -0.1) is 0 Å². The van der Waals surface area contributed by atoms with Crippen molar-refractivity contribution < 1.29 is 14.4 Å². The van der Waals surface area contributed by atoms with E-state index in [-0.39, 0.29) is 0 Å². The summed E-state index contributed by atoms with van der Waals surface area (Å²) in [5, 5.41) is 14.6. The van der Waals surface area contributed by atoms with Crippen LogP contribution in [0.15, 0.2) is 22.9 Å². The highest BCUT2D eigenvalue weighted by atomic mass is 16.5. The maximum absolute atomic E-state index is 10.9. The van der Waals surface area contributed by atoms with Crippen LogP contribution in [0.2, 0.25) is 0 Å². The quantitative estimate of drug-likeness (QED) is 0.890. The fourth-order valence-corrected chi connectivity index (χ4v) is 3.06. The van der Waals surface area contributed by atoms with E-state index in [2.05, 4.69) is 20.0 Å². The highest BCUT2D eigenvalue weighted by Crippen LogP contribution is 2.26. The second-order valence-electron chi connectivity index (χ2n) is 6.16. The Balaban J connectivity index is 1.62. The van der Waals surface area contributed by atoms with Crippen molar-refractivity contribution >= 4 is 0 Å². The summed E-state index contributed by atoms with van der Waals surface area (Å²) in [5.74, 6) is 1.70. The zero-order chi connectivity index (χ0) is 16.3. The molecule has 1 unspecified atom stereocenters. The maximum Gasteiger partial charge on any atom is 0.229 e. The molecule has 1 aliphatic rings. The van der Waals surface area contributed by atoms with Gasteiger partial charge in [0.1, 0.15) is 0 Å². The standard InChI is InChI=1S/C16H22N4O3/c1-12-18-15(23-19-12)8-16(21)6-3-7-20(11-16)10-13-4-5-14(22-2)17-9-13/h4-5,9,21H,3,6-8,10-11H2,1-2H3. The average molecular weight is 318 g/mol. The monoisotopic (exact) mass is 318 g/mol. The molecule has 0 aromatic carbocycles. The molecule has 0 spiro atoms. The molecule has 0 aliphatic carbocycles.